The Kier molecular flexibility index (Phi) is 5.41. The lowest BCUT2D eigenvalue weighted by Gasteiger charge is -2.35. The average Bonchev–Trinajstić information content (AvgIpc) is 3.44. The minimum Gasteiger partial charge on any atom is -0.272 e. The van der Waals surface area contributed by atoms with Gasteiger partial charge < -0.3 is 0 Å². The molecule has 2 aromatic carbocycles. The van der Waals surface area contributed by atoms with Crippen LogP contribution in [0.1, 0.15) is 45.3 Å². The van der Waals surface area contributed by atoms with Crippen LogP contribution in [-0.2, 0) is 20.0 Å². The molecule has 1 saturated heterocycles. The van der Waals surface area contributed by atoms with E-state index in [4.69, 9.17) is 0 Å². The molecule has 6 rings (SSSR count). The summed E-state index contributed by atoms with van der Waals surface area (Å²) in [5.41, 5.74) is 6.27. The van der Waals surface area contributed by atoms with Crippen LogP contribution in [0, 0.1) is 12.8 Å². The first-order chi connectivity index (χ1) is 17.1. The zero-order valence-electron chi connectivity index (χ0n) is 20.0. The van der Waals surface area contributed by atoms with Gasteiger partial charge in [0, 0.05) is 43.8 Å². The number of aryl methyl sites for hydroxylation is 3. The van der Waals surface area contributed by atoms with E-state index in [1.807, 2.05) is 43.2 Å². The highest BCUT2D eigenvalue weighted by molar-refractivity contribution is 5.92. The topological polar surface area (TPSA) is 67.2 Å². The van der Waals surface area contributed by atoms with Crippen LogP contribution in [-0.4, -0.2) is 42.2 Å². The molecule has 1 aliphatic heterocycles. The Morgan fingerprint density at radius 2 is 1.86 bits per heavy atom. The van der Waals surface area contributed by atoms with Gasteiger partial charge in [0.1, 0.15) is 0 Å². The first-order valence-electron chi connectivity index (χ1n) is 12.1. The third kappa shape index (κ3) is 3.91. The molecule has 2 aromatic heterocycles. The van der Waals surface area contributed by atoms with Crippen LogP contribution in [0.3, 0.4) is 0 Å². The first-order valence-corrected chi connectivity index (χ1v) is 12.1. The van der Waals surface area contributed by atoms with Gasteiger partial charge in [0.15, 0.2) is 11.5 Å². The molecule has 3 heterocycles. The van der Waals surface area contributed by atoms with Crippen LogP contribution in [0.2, 0.25) is 0 Å². The van der Waals surface area contributed by atoms with Gasteiger partial charge in [0.2, 0.25) is 0 Å². The minimum absolute atomic E-state index is 0.0388. The Morgan fingerprint density at radius 1 is 1.03 bits per heavy atom. The lowest BCUT2D eigenvalue weighted by Crippen LogP contribution is -2.42. The van der Waals surface area contributed by atoms with Crippen molar-refractivity contribution in [2.24, 2.45) is 13.0 Å². The maximum absolute atomic E-state index is 13.7. The Bertz CT molecular complexity index is 1360. The number of hydrazine groups is 1. The largest absolute Gasteiger partial charge is 0.288 e. The van der Waals surface area contributed by atoms with Gasteiger partial charge >= 0.3 is 0 Å². The van der Waals surface area contributed by atoms with E-state index in [1.54, 1.807) is 17.1 Å². The van der Waals surface area contributed by atoms with E-state index >= 15 is 0 Å². The molecule has 0 bridgehead atoms. The number of aromatic nitrogens is 4. The lowest BCUT2D eigenvalue weighted by molar-refractivity contribution is -0.00448. The fourth-order valence-corrected chi connectivity index (χ4v) is 5.50. The summed E-state index contributed by atoms with van der Waals surface area (Å²) >= 11 is 0. The van der Waals surface area contributed by atoms with E-state index in [0.29, 0.717) is 30.5 Å². The third-order valence-electron chi connectivity index (χ3n) is 7.31. The second-order valence-electron chi connectivity index (χ2n) is 9.49. The van der Waals surface area contributed by atoms with Crippen molar-refractivity contribution >= 4 is 5.91 Å². The first kappa shape index (κ1) is 21.7. The fourth-order valence-electron chi connectivity index (χ4n) is 5.50. The predicted molar refractivity (Wildman–Crippen MR) is 133 cm³/mol. The number of amides is 1. The molecule has 0 unspecified atom stereocenters. The monoisotopic (exact) mass is 464 g/mol. The molecule has 0 spiro atoms. The number of benzene rings is 2. The van der Waals surface area contributed by atoms with Crippen molar-refractivity contribution < 1.29 is 4.79 Å². The minimum atomic E-state index is -0.0388. The summed E-state index contributed by atoms with van der Waals surface area (Å²) in [7, 11) is 1.88. The lowest BCUT2D eigenvalue weighted by atomic mass is 9.80. The van der Waals surface area contributed by atoms with Crippen LogP contribution in [0.5, 0.6) is 0 Å². The highest BCUT2D eigenvalue weighted by Crippen LogP contribution is 2.45. The average molecular weight is 465 g/mol. The van der Waals surface area contributed by atoms with Crippen molar-refractivity contribution in [2.45, 2.75) is 32.4 Å². The molecule has 1 fully saturated rings. The molecule has 4 aromatic rings. The molecule has 1 aliphatic carbocycles. The van der Waals surface area contributed by atoms with Crippen molar-refractivity contribution in [1.82, 2.24) is 29.8 Å². The number of fused-ring (bicyclic) bond motifs is 3. The number of nitrogens with zero attached hydrogens (tertiary/aromatic N) is 6. The summed E-state index contributed by atoms with van der Waals surface area (Å²) in [4.78, 5) is 22.6. The molecule has 0 saturated carbocycles. The molecule has 2 atom stereocenters. The summed E-state index contributed by atoms with van der Waals surface area (Å²) in [6.45, 7) is 3.29. The van der Waals surface area contributed by atoms with E-state index in [9.17, 15) is 4.79 Å². The van der Waals surface area contributed by atoms with Crippen molar-refractivity contribution in [3.05, 3.63) is 101 Å². The standard InChI is InChI=1S/C28H28N6O/c1-19-15-25(31-32(19)2)28(35)34-18-23-12-11-21-8-3-4-10-24(21)26(23)33(34)17-20-7-5-9-22(16-20)27-29-13-6-14-30-27/h3-10,13-16,23,26H,11-12,17-18H2,1-2H3/t23-,26+/m0/s1. The smallest absolute Gasteiger partial charge is 0.272 e. The Balaban J connectivity index is 1.39. The highest BCUT2D eigenvalue weighted by atomic mass is 16.2. The number of carbonyl (C=O) groups is 1. The van der Waals surface area contributed by atoms with Crippen LogP contribution in [0.25, 0.3) is 11.4 Å². The quantitative estimate of drug-likeness (QED) is 0.449. The molecule has 0 radical (unpaired) electrons. The van der Waals surface area contributed by atoms with Gasteiger partial charge in [-0.2, -0.15) is 5.10 Å². The van der Waals surface area contributed by atoms with E-state index in [2.05, 4.69) is 56.5 Å². The molecule has 2 aliphatic rings. The number of carbonyl (C=O) groups excluding carboxylic acids is 1. The molecule has 1 amide bonds. The van der Waals surface area contributed by atoms with Gasteiger partial charge in [-0.1, -0.05) is 42.5 Å². The molecular formula is C28H28N6O. The van der Waals surface area contributed by atoms with E-state index < -0.39 is 0 Å². The van der Waals surface area contributed by atoms with E-state index in [0.717, 1.165) is 29.7 Å². The zero-order chi connectivity index (χ0) is 23.9. The normalized spacial score (nSPS) is 19.4. The fraction of sp³-hybridized carbons (Fsp3) is 0.286. The van der Waals surface area contributed by atoms with Crippen molar-refractivity contribution in [3.63, 3.8) is 0 Å². The predicted octanol–water partition coefficient (Wildman–Crippen LogP) is 4.36. The maximum Gasteiger partial charge on any atom is 0.288 e. The van der Waals surface area contributed by atoms with Gasteiger partial charge in [-0.05, 0) is 60.6 Å². The van der Waals surface area contributed by atoms with Crippen LogP contribution >= 0.6 is 0 Å². The third-order valence-corrected chi connectivity index (χ3v) is 7.31. The molecular weight excluding hydrogens is 436 g/mol. The second-order valence-corrected chi connectivity index (χ2v) is 9.49. The van der Waals surface area contributed by atoms with E-state index in [1.165, 1.54) is 11.1 Å². The van der Waals surface area contributed by atoms with Crippen molar-refractivity contribution in [2.75, 3.05) is 6.54 Å². The maximum atomic E-state index is 13.7. The van der Waals surface area contributed by atoms with Crippen molar-refractivity contribution in [1.29, 1.82) is 0 Å². The molecule has 7 heteroatoms. The molecule has 176 valence electrons. The summed E-state index contributed by atoms with van der Waals surface area (Å²) in [6.07, 6.45) is 5.64. The summed E-state index contributed by atoms with van der Waals surface area (Å²) in [6, 6.07) is 20.8. The van der Waals surface area contributed by atoms with Gasteiger partial charge in [0.25, 0.3) is 5.91 Å². The number of hydrogen-bond acceptors (Lipinski definition) is 5. The van der Waals surface area contributed by atoms with Gasteiger partial charge in [-0.15, -0.1) is 0 Å². The SMILES string of the molecule is Cc1cc(C(=O)N2C[C@@H]3CCc4ccccc4[C@@H]3N2Cc2cccc(-c3ncccn3)c2)nn1C. The number of hydrogen-bond donors (Lipinski definition) is 0. The summed E-state index contributed by atoms with van der Waals surface area (Å²) in [5, 5.41) is 8.69. The second kappa shape index (κ2) is 8.74. The Hall–Kier alpha value is -3.84. The molecule has 0 N–H and O–H groups in total. The Labute approximate surface area is 205 Å². The summed E-state index contributed by atoms with van der Waals surface area (Å²) < 4.78 is 1.76. The van der Waals surface area contributed by atoms with Gasteiger partial charge in [-0.25, -0.2) is 15.0 Å². The van der Waals surface area contributed by atoms with Crippen LogP contribution in [0.4, 0.5) is 0 Å². The Morgan fingerprint density at radius 3 is 2.66 bits per heavy atom. The van der Waals surface area contributed by atoms with Gasteiger partial charge in [-0.3, -0.25) is 14.5 Å². The van der Waals surface area contributed by atoms with Gasteiger partial charge in [0.05, 0.1) is 6.04 Å². The highest BCUT2D eigenvalue weighted by Gasteiger charge is 2.45. The summed E-state index contributed by atoms with van der Waals surface area (Å²) in [5.74, 6) is 1.05. The van der Waals surface area contributed by atoms with Crippen LogP contribution < -0.4 is 0 Å². The molecule has 35 heavy (non-hydrogen) atoms. The molecule has 7 nitrogen and oxygen atoms in total. The van der Waals surface area contributed by atoms with Crippen LogP contribution in [0.15, 0.2) is 73.1 Å². The van der Waals surface area contributed by atoms with E-state index in [-0.39, 0.29) is 11.9 Å². The van der Waals surface area contributed by atoms with Crippen molar-refractivity contribution in [3.8, 4) is 11.4 Å². The zero-order valence-corrected chi connectivity index (χ0v) is 20.0. The number of rotatable bonds is 4.